The van der Waals surface area contributed by atoms with Crippen molar-refractivity contribution in [2.24, 2.45) is 11.7 Å². The van der Waals surface area contributed by atoms with E-state index in [1.807, 2.05) is 18.2 Å². The molecular formula is C14H20N4. The number of nitrogens with one attached hydrogen (secondary N) is 1. The lowest BCUT2D eigenvalue weighted by atomic mass is 10.0. The van der Waals surface area contributed by atoms with Gasteiger partial charge in [-0.1, -0.05) is 31.5 Å². The molecule has 0 aliphatic carbocycles. The minimum atomic E-state index is 0.613. The molecule has 1 aromatic heterocycles. The van der Waals surface area contributed by atoms with Crippen molar-refractivity contribution in [2.75, 3.05) is 18.4 Å². The number of fused-ring (bicyclic) bond motifs is 1. The Morgan fingerprint density at radius 3 is 2.94 bits per heavy atom. The second kappa shape index (κ2) is 6.31. The molecular weight excluding hydrogens is 224 g/mol. The lowest BCUT2D eigenvalue weighted by molar-refractivity contribution is 0.501. The molecule has 4 nitrogen and oxygen atoms in total. The Balaban J connectivity index is 2.11. The fourth-order valence-corrected chi connectivity index (χ4v) is 2.09. The maximum atomic E-state index is 5.61. The molecule has 0 radical (unpaired) electrons. The van der Waals surface area contributed by atoms with E-state index in [2.05, 4.69) is 28.5 Å². The Labute approximate surface area is 108 Å². The Morgan fingerprint density at radius 2 is 2.17 bits per heavy atom. The smallest absolute Gasteiger partial charge is 0.0950 e. The normalized spacial score (nSPS) is 12.6. The van der Waals surface area contributed by atoms with Gasteiger partial charge in [-0.15, -0.1) is 0 Å². The van der Waals surface area contributed by atoms with Crippen LogP contribution in [0.5, 0.6) is 0 Å². The lowest BCUT2D eigenvalue weighted by Crippen LogP contribution is -2.17. The summed E-state index contributed by atoms with van der Waals surface area (Å²) in [5.41, 5.74) is 7.59. The Morgan fingerprint density at radius 1 is 1.33 bits per heavy atom. The molecule has 18 heavy (non-hydrogen) atoms. The van der Waals surface area contributed by atoms with Gasteiger partial charge >= 0.3 is 0 Å². The van der Waals surface area contributed by atoms with Crippen LogP contribution >= 0.6 is 0 Å². The fraction of sp³-hybridized carbons (Fsp3) is 0.429. The first-order chi connectivity index (χ1) is 8.85. The number of hydrogen-bond acceptors (Lipinski definition) is 4. The molecule has 0 amide bonds. The van der Waals surface area contributed by atoms with Crippen molar-refractivity contribution in [1.82, 2.24) is 10.2 Å². The average molecular weight is 244 g/mol. The van der Waals surface area contributed by atoms with E-state index in [0.717, 1.165) is 42.5 Å². The molecule has 1 unspecified atom stereocenters. The van der Waals surface area contributed by atoms with Crippen LogP contribution in [0.3, 0.4) is 0 Å². The van der Waals surface area contributed by atoms with Gasteiger partial charge in [0.25, 0.3) is 0 Å². The predicted octanol–water partition coefficient (Wildman–Crippen LogP) is 2.42. The topological polar surface area (TPSA) is 63.8 Å². The van der Waals surface area contributed by atoms with Crippen LogP contribution in [-0.4, -0.2) is 23.3 Å². The van der Waals surface area contributed by atoms with E-state index >= 15 is 0 Å². The van der Waals surface area contributed by atoms with Crippen molar-refractivity contribution in [2.45, 2.75) is 19.8 Å². The van der Waals surface area contributed by atoms with Gasteiger partial charge < -0.3 is 11.1 Å². The van der Waals surface area contributed by atoms with Gasteiger partial charge in [-0.05, 0) is 24.9 Å². The second-order valence-corrected chi connectivity index (χ2v) is 4.51. The molecule has 4 heteroatoms. The molecule has 2 rings (SSSR count). The lowest BCUT2D eigenvalue weighted by Gasteiger charge is -2.16. The first-order valence-electron chi connectivity index (χ1n) is 6.49. The maximum Gasteiger partial charge on any atom is 0.0950 e. The molecule has 0 aliphatic heterocycles. The molecule has 3 N–H and O–H groups in total. The van der Waals surface area contributed by atoms with Crippen LogP contribution in [0, 0.1) is 5.92 Å². The summed E-state index contributed by atoms with van der Waals surface area (Å²) in [6, 6.07) is 8.04. The van der Waals surface area contributed by atoms with Crippen LogP contribution in [0.4, 0.5) is 5.69 Å². The summed E-state index contributed by atoms with van der Waals surface area (Å²) in [6.07, 6.45) is 3.98. The largest absolute Gasteiger partial charge is 0.383 e. The summed E-state index contributed by atoms with van der Waals surface area (Å²) >= 11 is 0. The van der Waals surface area contributed by atoms with Crippen molar-refractivity contribution in [1.29, 1.82) is 0 Å². The molecule has 1 heterocycles. The van der Waals surface area contributed by atoms with E-state index in [1.165, 1.54) is 0 Å². The average Bonchev–Trinajstić information content (AvgIpc) is 2.43. The highest BCUT2D eigenvalue weighted by Crippen LogP contribution is 2.20. The van der Waals surface area contributed by atoms with Crippen molar-refractivity contribution >= 4 is 16.6 Å². The summed E-state index contributed by atoms with van der Waals surface area (Å²) in [4.78, 5) is 0. The van der Waals surface area contributed by atoms with Crippen molar-refractivity contribution in [3.8, 4) is 0 Å². The molecule has 0 spiro atoms. The molecule has 96 valence electrons. The third kappa shape index (κ3) is 2.96. The number of benzene rings is 1. The molecule has 1 atom stereocenters. The summed E-state index contributed by atoms with van der Waals surface area (Å²) < 4.78 is 0. The second-order valence-electron chi connectivity index (χ2n) is 4.51. The van der Waals surface area contributed by atoms with Gasteiger partial charge in [-0.2, -0.15) is 10.2 Å². The number of hydrogen-bond donors (Lipinski definition) is 2. The highest BCUT2D eigenvalue weighted by molar-refractivity contribution is 5.90. The first kappa shape index (κ1) is 12.8. The van der Waals surface area contributed by atoms with E-state index < -0.39 is 0 Å². The highest BCUT2D eigenvalue weighted by Gasteiger charge is 2.07. The van der Waals surface area contributed by atoms with Crippen LogP contribution in [0.25, 0.3) is 10.9 Å². The minimum Gasteiger partial charge on any atom is -0.383 e. The third-order valence-electron chi connectivity index (χ3n) is 3.28. The molecule has 0 bridgehead atoms. The standard InChI is InChI=1S/C14H20N4/c1-2-11(7-8-15)9-16-14-10-17-18-13-6-4-3-5-12(13)14/h3-6,10-11H,2,7-9,15H2,1H3,(H,16,18). The van der Waals surface area contributed by atoms with Crippen molar-refractivity contribution in [3.05, 3.63) is 30.5 Å². The number of rotatable bonds is 6. The minimum absolute atomic E-state index is 0.613. The van der Waals surface area contributed by atoms with E-state index in [1.54, 1.807) is 6.20 Å². The zero-order valence-corrected chi connectivity index (χ0v) is 10.8. The van der Waals surface area contributed by atoms with Gasteiger partial charge in [0.2, 0.25) is 0 Å². The Bertz CT molecular complexity index is 493. The van der Waals surface area contributed by atoms with Crippen LogP contribution in [0.1, 0.15) is 19.8 Å². The van der Waals surface area contributed by atoms with E-state index in [-0.39, 0.29) is 0 Å². The molecule has 0 saturated carbocycles. The summed E-state index contributed by atoms with van der Waals surface area (Å²) in [7, 11) is 0. The zero-order valence-electron chi connectivity index (χ0n) is 10.8. The Kier molecular flexibility index (Phi) is 4.47. The third-order valence-corrected chi connectivity index (χ3v) is 3.28. The van der Waals surface area contributed by atoms with Crippen LogP contribution < -0.4 is 11.1 Å². The summed E-state index contributed by atoms with van der Waals surface area (Å²) in [6.45, 7) is 3.88. The van der Waals surface area contributed by atoms with Gasteiger partial charge in [0.1, 0.15) is 0 Å². The molecule has 0 saturated heterocycles. The first-order valence-corrected chi connectivity index (χ1v) is 6.49. The number of anilines is 1. The van der Waals surface area contributed by atoms with E-state index in [9.17, 15) is 0 Å². The van der Waals surface area contributed by atoms with Crippen LogP contribution in [0.2, 0.25) is 0 Å². The monoisotopic (exact) mass is 244 g/mol. The number of nitrogens with two attached hydrogens (primary N) is 1. The quantitative estimate of drug-likeness (QED) is 0.819. The van der Waals surface area contributed by atoms with Gasteiger partial charge in [0.05, 0.1) is 17.4 Å². The SMILES string of the molecule is CCC(CCN)CNc1cnnc2ccccc12. The predicted molar refractivity (Wildman–Crippen MR) is 75.5 cm³/mol. The zero-order chi connectivity index (χ0) is 12.8. The molecule has 1 aromatic carbocycles. The number of aromatic nitrogens is 2. The summed E-state index contributed by atoms with van der Waals surface area (Å²) in [5.74, 6) is 0.613. The molecule has 0 aliphatic rings. The van der Waals surface area contributed by atoms with Crippen molar-refractivity contribution in [3.63, 3.8) is 0 Å². The fourth-order valence-electron chi connectivity index (χ4n) is 2.09. The highest BCUT2D eigenvalue weighted by atomic mass is 15.1. The van der Waals surface area contributed by atoms with Gasteiger partial charge in [-0.25, -0.2) is 0 Å². The maximum absolute atomic E-state index is 5.61. The van der Waals surface area contributed by atoms with Gasteiger partial charge in [-0.3, -0.25) is 0 Å². The van der Waals surface area contributed by atoms with Gasteiger partial charge in [0.15, 0.2) is 0 Å². The van der Waals surface area contributed by atoms with Gasteiger partial charge in [0, 0.05) is 11.9 Å². The van der Waals surface area contributed by atoms with E-state index in [0.29, 0.717) is 5.92 Å². The van der Waals surface area contributed by atoms with E-state index in [4.69, 9.17) is 5.73 Å². The van der Waals surface area contributed by atoms with Crippen LogP contribution in [-0.2, 0) is 0 Å². The summed E-state index contributed by atoms with van der Waals surface area (Å²) in [5, 5.41) is 12.7. The molecule has 0 fully saturated rings. The van der Waals surface area contributed by atoms with Crippen LogP contribution in [0.15, 0.2) is 30.5 Å². The number of nitrogens with zero attached hydrogens (tertiary/aromatic N) is 2. The molecule has 2 aromatic rings. The van der Waals surface area contributed by atoms with Crippen molar-refractivity contribution < 1.29 is 0 Å². The Hall–Kier alpha value is -1.68.